The van der Waals surface area contributed by atoms with E-state index >= 15 is 0 Å². The van der Waals surface area contributed by atoms with Crippen LogP contribution in [0.25, 0.3) is 0 Å². The number of carbonyl (C=O) groups excluding carboxylic acids is 1. The Bertz CT molecular complexity index is 319. The first-order valence-corrected chi connectivity index (χ1v) is 4.40. The topological polar surface area (TPSA) is 67.5 Å². The molecule has 0 atom stereocenters. The number of aryl methyl sites for hydroxylation is 1. The van der Waals surface area contributed by atoms with Crippen LogP contribution in [0.3, 0.4) is 0 Å². The summed E-state index contributed by atoms with van der Waals surface area (Å²) in [5, 5.41) is 18.2. The van der Waals surface area contributed by atoms with Crippen LogP contribution in [0.15, 0.2) is 24.5 Å². The van der Waals surface area contributed by atoms with Crippen molar-refractivity contribution in [3.05, 3.63) is 30.1 Å². The number of aliphatic hydroxyl groups excluding tert-OH is 1. The van der Waals surface area contributed by atoms with Crippen molar-refractivity contribution in [1.29, 1.82) is 0 Å². The van der Waals surface area contributed by atoms with Crippen molar-refractivity contribution in [2.24, 2.45) is 7.05 Å². The van der Waals surface area contributed by atoms with E-state index in [1.807, 2.05) is 36.1 Å². The summed E-state index contributed by atoms with van der Waals surface area (Å²) in [5.41, 5.74) is 0.944. The highest BCUT2D eigenvalue weighted by Gasteiger charge is 1.92. The highest BCUT2D eigenvalue weighted by molar-refractivity contribution is 8.93. The van der Waals surface area contributed by atoms with Gasteiger partial charge >= 0.3 is 0 Å². The summed E-state index contributed by atoms with van der Waals surface area (Å²) in [6, 6.07) is 3.80. The fourth-order valence-electron chi connectivity index (χ4n) is 0.744. The normalized spacial score (nSPS) is 8.25. The van der Waals surface area contributed by atoms with Crippen LogP contribution in [-0.2, 0) is 13.7 Å². The van der Waals surface area contributed by atoms with Gasteiger partial charge in [-0.3, -0.25) is 0 Å². The van der Waals surface area contributed by atoms with Gasteiger partial charge in [-0.2, -0.15) is 0 Å². The Morgan fingerprint density at radius 1 is 1.56 bits per heavy atom. The first-order valence-electron chi connectivity index (χ1n) is 4.40. The average Bonchev–Trinajstić information content (AvgIpc) is 2.18. The highest BCUT2D eigenvalue weighted by Crippen LogP contribution is 1.90. The monoisotopic (exact) mass is 292 g/mol. The fraction of sp³-hybridized carbons (Fsp3) is 0.400. The molecule has 0 spiro atoms. The van der Waals surface area contributed by atoms with E-state index in [1.165, 1.54) is 14.1 Å². The van der Waals surface area contributed by atoms with E-state index in [2.05, 4.69) is 0 Å². The molecular weight excluding hydrogens is 276 g/mol. The maximum atomic E-state index is 9.51. The largest absolute Gasteiger partial charge is 0.530 e. The molecular formula is C10H17BrN2O3. The van der Waals surface area contributed by atoms with Crippen molar-refractivity contribution in [1.82, 2.24) is 4.90 Å². The zero-order valence-corrected chi connectivity index (χ0v) is 11.3. The van der Waals surface area contributed by atoms with E-state index in [-0.39, 0.29) is 23.6 Å². The lowest BCUT2D eigenvalue weighted by Crippen LogP contribution is -2.35. The van der Waals surface area contributed by atoms with Gasteiger partial charge in [0.25, 0.3) is 0 Å². The number of amides is 1. The molecule has 16 heavy (non-hydrogen) atoms. The minimum absolute atomic E-state index is 0. The van der Waals surface area contributed by atoms with Gasteiger partial charge in [0.1, 0.15) is 13.1 Å². The molecule has 0 fully saturated rings. The molecule has 0 aliphatic carbocycles. The number of carbonyl (C=O) groups is 1. The molecule has 1 heterocycles. The van der Waals surface area contributed by atoms with Crippen LogP contribution in [0.2, 0.25) is 0 Å². The molecule has 0 saturated carbocycles. The third-order valence-electron chi connectivity index (χ3n) is 1.55. The van der Waals surface area contributed by atoms with Gasteiger partial charge in [-0.15, -0.1) is 17.0 Å². The Hall–Kier alpha value is -1.14. The van der Waals surface area contributed by atoms with Gasteiger partial charge in [0, 0.05) is 25.7 Å². The third kappa shape index (κ3) is 8.19. The van der Waals surface area contributed by atoms with E-state index in [9.17, 15) is 9.90 Å². The summed E-state index contributed by atoms with van der Waals surface area (Å²) in [6.45, 7) is 0.120. The van der Waals surface area contributed by atoms with Crippen LogP contribution < -0.4 is 9.67 Å². The van der Waals surface area contributed by atoms with Gasteiger partial charge in [0.2, 0.25) is 0 Å². The van der Waals surface area contributed by atoms with Gasteiger partial charge in [-0.25, -0.2) is 4.57 Å². The summed E-state index contributed by atoms with van der Waals surface area (Å²) >= 11 is 0. The minimum atomic E-state index is -1.16. The van der Waals surface area contributed by atoms with Gasteiger partial charge in [-0.1, -0.05) is 0 Å². The summed E-state index contributed by atoms with van der Waals surface area (Å²) in [6.07, 6.45) is 2.66. The quantitative estimate of drug-likeness (QED) is 0.708. The lowest BCUT2D eigenvalue weighted by molar-refractivity contribution is -0.672. The molecule has 1 aromatic heterocycles. The molecule has 0 radical (unpaired) electrons. The zero-order valence-electron chi connectivity index (χ0n) is 9.58. The Labute approximate surface area is 106 Å². The molecule has 0 saturated heterocycles. The summed E-state index contributed by atoms with van der Waals surface area (Å²) in [5.74, 6) is 0. The van der Waals surface area contributed by atoms with Crippen molar-refractivity contribution in [3.63, 3.8) is 0 Å². The second-order valence-corrected chi connectivity index (χ2v) is 3.20. The molecule has 92 valence electrons. The van der Waals surface area contributed by atoms with Gasteiger partial charge < -0.3 is 19.9 Å². The maximum absolute atomic E-state index is 9.51. The number of carboxylic acid groups (broad SMARTS) is 1. The van der Waals surface area contributed by atoms with E-state index < -0.39 is 6.09 Å². The highest BCUT2D eigenvalue weighted by atomic mass is 79.9. The molecule has 0 bridgehead atoms. The SMILES string of the molecule is Br.CN(C)C(=O)[O-].C[n+]1cccc(CO)c1. The number of nitrogens with zero attached hydrogens (tertiary/aromatic N) is 2. The van der Waals surface area contributed by atoms with Crippen molar-refractivity contribution >= 4 is 23.1 Å². The van der Waals surface area contributed by atoms with E-state index in [1.54, 1.807) is 0 Å². The first-order chi connectivity index (χ1) is 6.97. The lowest BCUT2D eigenvalue weighted by atomic mass is 10.3. The Kier molecular flexibility index (Phi) is 9.83. The lowest BCUT2D eigenvalue weighted by Gasteiger charge is -2.10. The molecule has 6 heteroatoms. The number of pyridine rings is 1. The molecule has 1 rings (SSSR count). The fourth-order valence-corrected chi connectivity index (χ4v) is 0.744. The average molecular weight is 293 g/mol. The molecule has 1 amide bonds. The number of rotatable bonds is 1. The van der Waals surface area contributed by atoms with Gasteiger partial charge in [-0.05, 0) is 6.07 Å². The minimum Gasteiger partial charge on any atom is -0.530 e. The van der Waals surface area contributed by atoms with Crippen molar-refractivity contribution in [3.8, 4) is 0 Å². The van der Waals surface area contributed by atoms with E-state index in [4.69, 9.17) is 5.11 Å². The second kappa shape index (κ2) is 9.11. The summed E-state index contributed by atoms with van der Waals surface area (Å²) in [7, 11) is 4.75. The van der Waals surface area contributed by atoms with Gasteiger partial charge in [0.15, 0.2) is 12.4 Å². The number of hydrogen-bond donors (Lipinski definition) is 1. The predicted octanol–water partition coefficient (Wildman–Crippen LogP) is -0.527. The van der Waals surface area contributed by atoms with Crippen LogP contribution in [0, 0.1) is 0 Å². The summed E-state index contributed by atoms with van der Waals surface area (Å²) < 4.78 is 1.91. The van der Waals surface area contributed by atoms with Crippen LogP contribution >= 0.6 is 17.0 Å². The standard InChI is InChI=1S/C7H10NO.C3H7NO2.BrH/c1-8-4-2-3-7(5-8)6-9;1-4(2)3(5)6;/h2-5,9H,6H2,1H3;1-2H3,(H,5,6);1H/q+1;;/p-1. The Balaban J connectivity index is 0. The Morgan fingerprint density at radius 2 is 2.06 bits per heavy atom. The number of aromatic nitrogens is 1. The van der Waals surface area contributed by atoms with Crippen molar-refractivity contribution in [2.75, 3.05) is 14.1 Å². The maximum Gasteiger partial charge on any atom is 0.174 e. The molecule has 1 aromatic rings. The number of halogens is 1. The van der Waals surface area contributed by atoms with Crippen LogP contribution in [0.5, 0.6) is 0 Å². The molecule has 0 aromatic carbocycles. The molecule has 1 N–H and O–H groups in total. The number of aliphatic hydroxyl groups is 1. The first kappa shape index (κ1) is 17.3. The molecule has 0 aliphatic rings. The molecule has 0 aliphatic heterocycles. The van der Waals surface area contributed by atoms with E-state index in [0.29, 0.717) is 0 Å². The van der Waals surface area contributed by atoms with Gasteiger partial charge in [0.05, 0.1) is 6.61 Å². The smallest absolute Gasteiger partial charge is 0.174 e. The Morgan fingerprint density at radius 3 is 2.31 bits per heavy atom. The second-order valence-electron chi connectivity index (χ2n) is 3.20. The molecule has 5 nitrogen and oxygen atoms in total. The van der Waals surface area contributed by atoms with Crippen LogP contribution in [0.1, 0.15) is 5.56 Å². The van der Waals surface area contributed by atoms with Crippen LogP contribution in [-0.4, -0.2) is 30.2 Å². The third-order valence-corrected chi connectivity index (χ3v) is 1.55. The van der Waals surface area contributed by atoms with Crippen molar-refractivity contribution < 1.29 is 19.6 Å². The predicted molar refractivity (Wildman–Crippen MR) is 62.9 cm³/mol. The van der Waals surface area contributed by atoms with Crippen LogP contribution in [0.4, 0.5) is 4.79 Å². The number of hydrogen-bond acceptors (Lipinski definition) is 3. The zero-order chi connectivity index (χ0) is 11.8. The van der Waals surface area contributed by atoms with Crippen molar-refractivity contribution in [2.45, 2.75) is 6.61 Å². The molecule has 0 unspecified atom stereocenters. The summed E-state index contributed by atoms with van der Waals surface area (Å²) in [4.78, 5) is 10.5. The van der Waals surface area contributed by atoms with E-state index in [0.717, 1.165) is 10.5 Å².